The number of hydrogen-bond donors (Lipinski definition) is 2. The second kappa shape index (κ2) is 10.3. The highest BCUT2D eigenvalue weighted by Gasteiger charge is 2.10. The molecule has 0 fully saturated rings. The van der Waals surface area contributed by atoms with Gasteiger partial charge in [-0.3, -0.25) is 9.78 Å². The van der Waals surface area contributed by atoms with Crippen molar-refractivity contribution in [1.29, 1.82) is 0 Å². The first-order chi connectivity index (χ1) is 15.6. The Hall–Kier alpha value is -3.31. The molecular weight excluding hydrogens is 416 g/mol. The minimum absolute atomic E-state index is 0.178. The van der Waals surface area contributed by atoms with Crippen molar-refractivity contribution in [3.63, 3.8) is 0 Å². The number of benzene rings is 3. The summed E-state index contributed by atoms with van der Waals surface area (Å²) in [4.78, 5) is 18.2. The number of fused-ring (bicyclic) bond motifs is 1. The van der Waals surface area contributed by atoms with E-state index in [4.69, 9.17) is 0 Å². The van der Waals surface area contributed by atoms with Crippen molar-refractivity contribution in [3.05, 3.63) is 95.8 Å². The van der Waals surface area contributed by atoms with E-state index in [1.54, 1.807) is 30.0 Å². The van der Waals surface area contributed by atoms with Crippen LogP contribution in [-0.2, 0) is 12.2 Å². The number of aryl methyl sites for hydroxylation is 1. The number of carbonyl (C=O) groups is 1. The van der Waals surface area contributed by atoms with E-state index in [0.717, 1.165) is 46.5 Å². The average Bonchev–Trinajstić information content (AvgIpc) is 2.82. The maximum absolute atomic E-state index is 12.8. The minimum atomic E-state index is -0.178. The second-order valence-electron chi connectivity index (χ2n) is 7.74. The van der Waals surface area contributed by atoms with E-state index in [2.05, 4.69) is 29.4 Å². The third-order valence-electron chi connectivity index (χ3n) is 5.38. The molecule has 4 rings (SSSR count). The van der Waals surface area contributed by atoms with Crippen molar-refractivity contribution in [2.24, 2.45) is 0 Å². The Morgan fingerprint density at radius 2 is 1.88 bits per heavy atom. The van der Waals surface area contributed by atoms with Gasteiger partial charge in [-0.25, -0.2) is 0 Å². The predicted octanol–water partition coefficient (Wildman–Crippen LogP) is 6.83. The zero-order valence-corrected chi connectivity index (χ0v) is 18.9. The van der Waals surface area contributed by atoms with E-state index in [1.807, 2.05) is 48.8 Å². The molecule has 32 heavy (non-hydrogen) atoms. The molecule has 4 aromatic rings. The smallest absolute Gasteiger partial charge is 0.255 e. The third-order valence-corrected chi connectivity index (χ3v) is 6.42. The molecule has 4 nitrogen and oxygen atoms in total. The molecule has 1 amide bonds. The van der Waals surface area contributed by atoms with Gasteiger partial charge >= 0.3 is 0 Å². The molecule has 1 heterocycles. The fourth-order valence-corrected chi connectivity index (χ4v) is 4.55. The molecule has 0 saturated carbocycles. The molecule has 5 heteroatoms. The summed E-state index contributed by atoms with van der Waals surface area (Å²) in [5.41, 5.74) is 3.30. The van der Waals surface area contributed by atoms with Crippen LogP contribution in [0.4, 0.5) is 5.69 Å². The number of nitrogens with zero attached hydrogens (tertiary/aromatic N) is 1. The standard InChI is InChI=1S/C27H26N2O2S/c1-2-3-7-19-14-20(12-13-26(19)30)27(31)29-23-9-6-10-24(15-23)32-18-22-17-28-16-21-8-4-5-11-25(21)22/h4-6,8-17,30H,2-3,7,18H2,1H3,(H,29,31). The van der Waals surface area contributed by atoms with Crippen LogP contribution in [0.5, 0.6) is 5.75 Å². The molecule has 162 valence electrons. The van der Waals surface area contributed by atoms with Gasteiger partial charge in [-0.1, -0.05) is 43.7 Å². The molecule has 1 aromatic heterocycles. The van der Waals surface area contributed by atoms with Gasteiger partial charge < -0.3 is 10.4 Å². The number of phenols is 1. The number of amides is 1. The third kappa shape index (κ3) is 5.29. The van der Waals surface area contributed by atoms with E-state index in [9.17, 15) is 9.90 Å². The number of nitrogens with one attached hydrogen (secondary N) is 1. The summed E-state index contributed by atoms with van der Waals surface area (Å²) in [6.45, 7) is 2.11. The molecule has 0 bridgehead atoms. The SMILES string of the molecule is CCCCc1cc(C(=O)Nc2cccc(SCc3cncc4ccccc34)c2)ccc1O. The van der Waals surface area contributed by atoms with Gasteiger partial charge in [-0.2, -0.15) is 0 Å². The fraction of sp³-hybridized carbons (Fsp3) is 0.185. The van der Waals surface area contributed by atoms with Crippen molar-refractivity contribution in [2.75, 3.05) is 5.32 Å². The second-order valence-corrected chi connectivity index (χ2v) is 8.79. The van der Waals surface area contributed by atoms with Crippen molar-refractivity contribution < 1.29 is 9.90 Å². The summed E-state index contributed by atoms with van der Waals surface area (Å²) < 4.78 is 0. The first-order valence-electron chi connectivity index (χ1n) is 10.8. The predicted molar refractivity (Wildman–Crippen MR) is 132 cm³/mol. The lowest BCUT2D eigenvalue weighted by atomic mass is 10.0. The quantitative estimate of drug-likeness (QED) is 0.294. The Morgan fingerprint density at radius 1 is 1.00 bits per heavy atom. The number of aromatic nitrogens is 1. The van der Waals surface area contributed by atoms with Crippen LogP contribution in [0.25, 0.3) is 10.8 Å². The van der Waals surface area contributed by atoms with Gasteiger partial charge in [0.05, 0.1) is 0 Å². The molecule has 0 spiro atoms. The van der Waals surface area contributed by atoms with Gasteiger partial charge in [0.2, 0.25) is 0 Å². The molecule has 0 atom stereocenters. The lowest BCUT2D eigenvalue weighted by molar-refractivity contribution is 0.102. The average molecular weight is 443 g/mol. The fourth-order valence-electron chi connectivity index (χ4n) is 3.62. The molecular formula is C27H26N2O2S. The monoisotopic (exact) mass is 442 g/mol. The Morgan fingerprint density at radius 3 is 2.75 bits per heavy atom. The summed E-state index contributed by atoms with van der Waals surface area (Å²) in [6.07, 6.45) is 6.58. The van der Waals surface area contributed by atoms with Crippen LogP contribution in [0.2, 0.25) is 0 Å². The molecule has 0 aliphatic carbocycles. The molecule has 0 unspecified atom stereocenters. The topological polar surface area (TPSA) is 62.2 Å². The number of hydrogen-bond acceptors (Lipinski definition) is 4. The Balaban J connectivity index is 1.44. The van der Waals surface area contributed by atoms with E-state index >= 15 is 0 Å². The highest BCUT2D eigenvalue weighted by atomic mass is 32.2. The van der Waals surface area contributed by atoms with Crippen molar-refractivity contribution in [3.8, 4) is 5.75 Å². The molecule has 0 aliphatic heterocycles. The van der Waals surface area contributed by atoms with Crippen LogP contribution in [0.3, 0.4) is 0 Å². The first-order valence-corrected chi connectivity index (χ1v) is 11.8. The number of carbonyl (C=O) groups excluding carboxylic acids is 1. The van der Waals surface area contributed by atoms with Gasteiger partial charge in [-0.15, -0.1) is 11.8 Å². The summed E-state index contributed by atoms with van der Waals surface area (Å²) in [5, 5.41) is 15.4. The largest absolute Gasteiger partial charge is 0.508 e. The number of pyridine rings is 1. The summed E-state index contributed by atoms with van der Waals surface area (Å²) in [7, 11) is 0. The van der Waals surface area contributed by atoms with Gasteiger partial charge in [0.25, 0.3) is 5.91 Å². The van der Waals surface area contributed by atoms with Crippen LogP contribution < -0.4 is 5.32 Å². The molecule has 3 aromatic carbocycles. The van der Waals surface area contributed by atoms with Gasteiger partial charge in [0, 0.05) is 39.7 Å². The normalized spacial score (nSPS) is 10.9. The van der Waals surface area contributed by atoms with Crippen LogP contribution in [-0.4, -0.2) is 16.0 Å². The Labute approximate surface area is 192 Å². The molecule has 0 aliphatic rings. The molecule has 0 saturated heterocycles. The number of aromatic hydroxyl groups is 1. The van der Waals surface area contributed by atoms with Crippen LogP contribution >= 0.6 is 11.8 Å². The van der Waals surface area contributed by atoms with E-state index in [1.165, 1.54) is 10.9 Å². The van der Waals surface area contributed by atoms with E-state index < -0.39 is 0 Å². The summed E-state index contributed by atoms with van der Waals surface area (Å²) in [5.74, 6) is 0.865. The Kier molecular flexibility index (Phi) is 7.07. The van der Waals surface area contributed by atoms with E-state index in [0.29, 0.717) is 5.56 Å². The highest BCUT2D eigenvalue weighted by Crippen LogP contribution is 2.28. The Bertz CT molecular complexity index is 1230. The van der Waals surface area contributed by atoms with Gasteiger partial charge in [-0.05, 0) is 65.8 Å². The van der Waals surface area contributed by atoms with Crippen molar-refractivity contribution >= 4 is 34.1 Å². The molecule has 2 N–H and O–H groups in total. The van der Waals surface area contributed by atoms with Crippen LogP contribution in [0.15, 0.2) is 84.0 Å². The molecule has 0 radical (unpaired) electrons. The van der Waals surface area contributed by atoms with Gasteiger partial charge in [0.1, 0.15) is 5.75 Å². The maximum Gasteiger partial charge on any atom is 0.255 e. The number of phenolic OH excluding ortho intramolecular Hbond substituents is 1. The number of anilines is 1. The highest BCUT2D eigenvalue weighted by molar-refractivity contribution is 7.98. The summed E-state index contributed by atoms with van der Waals surface area (Å²) >= 11 is 1.71. The van der Waals surface area contributed by atoms with Crippen molar-refractivity contribution in [2.45, 2.75) is 36.8 Å². The van der Waals surface area contributed by atoms with Gasteiger partial charge in [0.15, 0.2) is 0 Å². The zero-order valence-electron chi connectivity index (χ0n) is 18.0. The number of unbranched alkanes of at least 4 members (excludes halogenated alkanes) is 1. The van der Waals surface area contributed by atoms with Crippen LogP contribution in [0, 0.1) is 0 Å². The lowest BCUT2D eigenvalue weighted by Gasteiger charge is -2.10. The number of rotatable bonds is 8. The number of thioether (sulfide) groups is 1. The maximum atomic E-state index is 12.8. The summed E-state index contributed by atoms with van der Waals surface area (Å²) in [6, 6.07) is 21.2. The van der Waals surface area contributed by atoms with Crippen LogP contribution in [0.1, 0.15) is 41.3 Å². The zero-order chi connectivity index (χ0) is 22.3. The minimum Gasteiger partial charge on any atom is -0.508 e. The van der Waals surface area contributed by atoms with Crippen molar-refractivity contribution in [1.82, 2.24) is 4.98 Å². The first kappa shape index (κ1) is 21.9. The lowest BCUT2D eigenvalue weighted by Crippen LogP contribution is -2.12. The van der Waals surface area contributed by atoms with E-state index in [-0.39, 0.29) is 11.7 Å².